The molecule has 0 radical (unpaired) electrons. The number of methoxy groups -OCH3 is 1. The van der Waals surface area contributed by atoms with Gasteiger partial charge in [-0.25, -0.2) is 0 Å². The molecule has 0 heterocycles. The Bertz CT molecular complexity index is 424. The normalized spacial score (nSPS) is 10.1. The monoisotopic (exact) mass is 248 g/mol. The van der Waals surface area contributed by atoms with Crippen molar-refractivity contribution in [3.63, 3.8) is 0 Å². The first-order valence-electron chi connectivity index (χ1n) is 5.47. The third-order valence-corrected chi connectivity index (χ3v) is 2.13. The molecule has 1 aromatic carbocycles. The highest BCUT2D eigenvalue weighted by Crippen LogP contribution is 2.28. The van der Waals surface area contributed by atoms with Crippen molar-refractivity contribution in [2.45, 2.75) is 0 Å². The second kappa shape index (κ2) is 7.95. The van der Waals surface area contributed by atoms with Crippen molar-refractivity contribution >= 4 is 12.4 Å². The highest BCUT2D eigenvalue weighted by molar-refractivity contribution is 5.74. The molecule has 0 aromatic heterocycles. The SMILES string of the molecule is C=COCCOc1ccc(/C=C/C=O)cc1OC. The number of aldehydes is 1. The van der Waals surface area contributed by atoms with Crippen molar-refractivity contribution in [3.8, 4) is 11.5 Å². The van der Waals surface area contributed by atoms with Crippen molar-refractivity contribution < 1.29 is 19.0 Å². The van der Waals surface area contributed by atoms with Crippen LogP contribution in [0.3, 0.4) is 0 Å². The van der Waals surface area contributed by atoms with Gasteiger partial charge in [0.1, 0.15) is 19.5 Å². The molecule has 0 spiro atoms. The zero-order valence-electron chi connectivity index (χ0n) is 10.3. The fourth-order valence-corrected chi connectivity index (χ4v) is 1.34. The Balaban J connectivity index is 2.70. The lowest BCUT2D eigenvalue weighted by molar-refractivity contribution is -0.104. The largest absolute Gasteiger partial charge is 0.498 e. The summed E-state index contributed by atoms with van der Waals surface area (Å²) in [6.45, 7) is 4.28. The van der Waals surface area contributed by atoms with E-state index in [4.69, 9.17) is 14.2 Å². The van der Waals surface area contributed by atoms with Crippen LogP contribution >= 0.6 is 0 Å². The number of benzene rings is 1. The van der Waals surface area contributed by atoms with E-state index in [9.17, 15) is 4.79 Å². The first-order chi connectivity index (χ1) is 8.81. The third kappa shape index (κ3) is 4.33. The van der Waals surface area contributed by atoms with E-state index in [1.807, 2.05) is 6.07 Å². The van der Waals surface area contributed by atoms with E-state index < -0.39 is 0 Å². The summed E-state index contributed by atoms with van der Waals surface area (Å²) in [7, 11) is 1.57. The molecule has 0 saturated carbocycles. The van der Waals surface area contributed by atoms with Gasteiger partial charge in [-0.05, 0) is 23.8 Å². The van der Waals surface area contributed by atoms with Crippen LogP contribution in [-0.2, 0) is 9.53 Å². The van der Waals surface area contributed by atoms with Crippen LogP contribution in [0, 0.1) is 0 Å². The number of hydrogen-bond acceptors (Lipinski definition) is 4. The lowest BCUT2D eigenvalue weighted by Crippen LogP contribution is -2.04. The first-order valence-corrected chi connectivity index (χ1v) is 5.47. The lowest BCUT2D eigenvalue weighted by atomic mass is 10.2. The van der Waals surface area contributed by atoms with Gasteiger partial charge in [0.05, 0.1) is 13.4 Å². The first kappa shape index (κ1) is 13.8. The molecule has 0 atom stereocenters. The van der Waals surface area contributed by atoms with Gasteiger partial charge in [0.25, 0.3) is 0 Å². The second-order valence-electron chi connectivity index (χ2n) is 3.29. The van der Waals surface area contributed by atoms with Crippen molar-refractivity contribution in [3.05, 3.63) is 42.7 Å². The fraction of sp³-hybridized carbons (Fsp3) is 0.214. The topological polar surface area (TPSA) is 44.8 Å². The predicted octanol–water partition coefficient (Wildman–Crippen LogP) is 2.45. The van der Waals surface area contributed by atoms with Crippen LogP contribution in [0.1, 0.15) is 5.56 Å². The van der Waals surface area contributed by atoms with Gasteiger partial charge >= 0.3 is 0 Å². The van der Waals surface area contributed by atoms with Gasteiger partial charge in [-0.3, -0.25) is 4.79 Å². The summed E-state index contributed by atoms with van der Waals surface area (Å²) in [4.78, 5) is 10.2. The van der Waals surface area contributed by atoms with Gasteiger partial charge in [0, 0.05) is 0 Å². The maximum atomic E-state index is 10.2. The molecule has 4 nitrogen and oxygen atoms in total. The Morgan fingerprint density at radius 1 is 1.28 bits per heavy atom. The molecule has 0 saturated heterocycles. The molecule has 0 fully saturated rings. The Labute approximate surface area is 106 Å². The molecule has 0 aliphatic rings. The average molecular weight is 248 g/mol. The van der Waals surface area contributed by atoms with Crippen molar-refractivity contribution in [1.82, 2.24) is 0 Å². The second-order valence-corrected chi connectivity index (χ2v) is 3.29. The minimum absolute atomic E-state index is 0.409. The number of carbonyl (C=O) groups excluding carboxylic acids is 1. The predicted molar refractivity (Wildman–Crippen MR) is 69.7 cm³/mol. The van der Waals surface area contributed by atoms with Crippen LogP contribution < -0.4 is 9.47 Å². The van der Waals surface area contributed by atoms with Gasteiger partial charge in [-0.2, -0.15) is 0 Å². The quantitative estimate of drug-likeness (QED) is 0.307. The van der Waals surface area contributed by atoms with Crippen molar-refractivity contribution in [1.29, 1.82) is 0 Å². The summed E-state index contributed by atoms with van der Waals surface area (Å²) >= 11 is 0. The molecule has 0 unspecified atom stereocenters. The molecular formula is C14H16O4. The average Bonchev–Trinajstić information content (AvgIpc) is 2.42. The van der Waals surface area contributed by atoms with Crippen LogP contribution in [-0.4, -0.2) is 26.6 Å². The Morgan fingerprint density at radius 2 is 2.11 bits per heavy atom. The summed E-state index contributed by atoms with van der Waals surface area (Å²) in [5.41, 5.74) is 0.869. The van der Waals surface area contributed by atoms with Crippen LogP contribution in [0.5, 0.6) is 11.5 Å². The molecule has 18 heavy (non-hydrogen) atoms. The van der Waals surface area contributed by atoms with Gasteiger partial charge in [0.15, 0.2) is 11.5 Å². The van der Waals surface area contributed by atoms with Gasteiger partial charge in [-0.15, -0.1) is 0 Å². The molecule has 1 rings (SSSR count). The number of allylic oxidation sites excluding steroid dienone is 1. The number of carbonyl (C=O) groups is 1. The van der Waals surface area contributed by atoms with Gasteiger partial charge in [-0.1, -0.05) is 18.7 Å². The van der Waals surface area contributed by atoms with E-state index in [2.05, 4.69) is 6.58 Å². The summed E-state index contributed by atoms with van der Waals surface area (Å²) in [6, 6.07) is 5.42. The maximum Gasteiger partial charge on any atom is 0.161 e. The van der Waals surface area contributed by atoms with E-state index >= 15 is 0 Å². The maximum absolute atomic E-state index is 10.2. The molecule has 0 aliphatic heterocycles. The molecule has 0 N–H and O–H groups in total. The number of hydrogen-bond donors (Lipinski definition) is 0. The van der Waals surface area contributed by atoms with Gasteiger partial charge in [0.2, 0.25) is 0 Å². The van der Waals surface area contributed by atoms with Gasteiger partial charge < -0.3 is 14.2 Å². The summed E-state index contributed by atoms with van der Waals surface area (Å²) in [5.74, 6) is 1.25. The van der Waals surface area contributed by atoms with E-state index in [0.717, 1.165) is 11.8 Å². The molecule has 4 heteroatoms. The van der Waals surface area contributed by atoms with Crippen molar-refractivity contribution in [2.24, 2.45) is 0 Å². The third-order valence-electron chi connectivity index (χ3n) is 2.13. The Hall–Kier alpha value is -2.23. The van der Waals surface area contributed by atoms with E-state index in [-0.39, 0.29) is 0 Å². The molecule has 0 amide bonds. The summed E-state index contributed by atoms with van der Waals surface area (Å²) in [6.07, 6.45) is 5.21. The van der Waals surface area contributed by atoms with Crippen LogP contribution in [0.2, 0.25) is 0 Å². The van der Waals surface area contributed by atoms with E-state index in [1.165, 1.54) is 12.3 Å². The highest BCUT2D eigenvalue weighted by Gasteiger charge is 2.04. The van der Waals surface area contributed by atoms with E-state index in [1.54, 1.807) is 25.3 Å². The highest BCUT2D eigenvalue weighted by atomic mass is 16.5. The molecule has 96 valence electrons. The lowest BCUT2D eigenvalue weighted by Gasteiger charge is -2.11. The van der Waals surface area contributed by atoms with E-state index in [0.29, 0.717) is 24.7 Å². The molecule has 1 aromatic rings. The molecule has 0 aliphatic carbocycles. The number of rotatable bonds is 8. The Morgan fingerprint density at radius 3 is 2.78 bits per heavy atom. The van der Waals surface area contributed by atoms with Crippen LogP contribution in [0.15, 0.2) is 37.1 Å². The number of ether oxygens (including phenoxy) is 3. The standard InChI is InChI=1S/C14H16O4/c1-3-17-9-10-18-13-7-6-12(5-4-8-15)11-14(13)16-2/h3-8,11H,1,9-10H2,2H3/b5-4+. The zero-order valence-corrected chi connectivity index (χ0v) is 10.3. The minimum atomic E-state index is 0.409. The van der Waals surface area contributed by atoms with Crippen molar-refractivity contribution in [2.75, 3.05) is 20.3 Å². The summed E-state index contributed by atoms with van der Waals surface area (Å²) in [5, 5.41) is 0. The Kier molecular flexibility index (Phi) is 6.11. The molecule has 0 bridgehead atoms. The zero-order chi connectivity index (χ0) is 13.2. The van der Waals surface area contributed by atoms with Crippen LogP contribution in [0.25, 0.3) is 6.08 Å². The fourth-order valence-electron chi connectivity index (χ4n) is 1.34. The molecular weight excluding hydrogens is 232 g/mol. The minimum Gasteiger partial charge on any atom is -0.498 e. The smallest absolute Gasteiger partial charge is 0.161 e. The summed E-state index contributed by atoms with van der Waals surface area (Å²) < 4.78 is 15.7. The van der Waals surface area contributed by atoms with Crippen LogP contribution in [0.4, 0.5) is 0 Å².